The number of unbranched alkanes of at least 4 members (excludes halogenated alkanes) is 1. The third kappa shape index (κ3) is 6.80. The van der Waals surface area contributed by atoms with Gasteiger partial charge in [0.1, 0.15) is 23.2 Å². The molecule has 0 bridgehead atoms. The van der Waals surface area contributed by atoms with Crippen molar-refractivity contribution in [1.29, 1.82) is 0 Å². The van der Waals surface area contributed by atoms with Crippen molar-refractivity contribution in [3.05, 3.63) is 36.2 Å². The molecule has 0 saturated heterocycles. The van der Waals surface area contributed by atoms with Gasteiger partial charge in [-0.15, -0.1) is 0 Å². The molecule has 0 aliphatic heterocycles. The van der Waals surface area contributed by atoms with E-state index in [0.717, 1.165) is 56.0 Å². The van der Waals surface area contributed by atoms with Crippen LogP contribution in [0.3, 0.4) is 0 Å². The third-order valence-corrected chi connectivity index (χ3v) is 7.12. The van der Waals surface area contributed by atoms with E-state index in [0.29, 0.717) is 12.4 Å². The van der Waals surface area contributed by atoms with Gasteiger partial charge in [-0.2, -0.15) is 0 Å². The summed E-state index contributed by atoms with van der Waals surface area (Å²) in [6.45, 7) is 4.63. The number of sulfonamides is 1. The Bertz CT molecular complexity index is 972. The highest BCUT2D eigenvalue weighted by atomic mass is 32.2. The lowest BCUT2D eigenvalue weighted by Crippen LogP contribution is -2.40. The Morgan fingerprint density at radius 2 is 1.72 bits per heavy atom. The molecule has 0 amide bonds. The number of benzene rings is 1. The van der Waals surface area contributed by atoms with E-state index < -0.39 is 10.0 Å². The number of hydrogen-bond acceptors (Lipinski definition) is 7. The van der Waals surface area contributed by atoms with Gasteiger partial charge in [-0.3, -0.25) is 0 Å². The van der Waals surface area contributed by atoms with Crippen molar-refractivity contribution in [3.63, 3.8) is 0 Å². The van der Waals surface area contributed by atoms with Crippen molar-refractivity contribution in [1.82, 2.24) is 14.7 Å². The largest absolute Gasteiger partial charge is 0.494 e. The molecule has 1 heterocycles. The first-order chi connectivity index (χ1) is 15.3. The zero-order valence-electron chi connectivity index (χ0n) is 19.5. The number of nitrogens with zero attached hydrogens (tertiary/aromatic N) is 3. The van der Waals surface area contributed by atoms with Crippen molar-refractivity contribution >= 4 is 21.7 Å². The topological polar surface area (TPSA) is 96.5 Å². The number of nitrogens with one attached hydrogen (secondary N) is 2. The maximum atomic E-state index is 12.8. The molecule has 2 N–H and O–H groups in total. The first-order valence-corrected chi connectivity index (χ1v) is 12.8. The van der Waals surface area contributed by atoms with E-state index >= 15 is 0 Å². The van der Waals surface area contributed by atoms with E-state index in [2.05, 4.69) is 26.9 Å². The van der Waals surface area contributed by atoms with Crippen molar-refractivity contribution < 1.29 is 13.2 Å². The maximum Gasteiger partial charge on any atom is 0.240 e. The predicted octanol–water partition coefficient (Wildman–Crippen LogP) is 3.73. The molecule has 1 aliphatic rings. The van der Waals surface area contributed by atoms with Gasteiger partial charge in [0.2, 0.25) is 10.0 Å². The molecule has 1 aliphatic carbocycles. The normalized spacial score (nSPS) is 18.9. The van der Waals surface area contributed by atoms with Crippen molar-refractivity contribution in [2.45, 2.75) is 69.4 Å². The highest BCUT2D eigenvalue weighted by Gasteiger charge is 2.26. The lowest BCUT2D eigenvalue weighted by Gasteiger charge is -2.30. The van der Waals surface area contributed by atoms with E-state index in [4.69, 9.17) is 4.74 Å². The van der Waals surface area contributed by atoms with Crippen molar-refractivity contribution in [2.75, 3.05) is 30.9 Å². The Morgan fingerprint density at radius 3 is 2.34 bits per heavy atom. The third-order valence-electron chi connectivity index (χ3n) is 5.58. The Kier molecular flexibility index (Phi) is 8.31. The molecular weight excluding hydrogens is 426 g/mol. The van der Waals surface area contributed by atoms with Gasteiger partial charge in [0, 0.05) is 32.2 Å². The number of aryl methyl sites for hydroxylation is 1. The summed E-state index contributed by atoms with van der Waals surface area (Å²) in [6.07, 6.45) is 5.34. The highest BCUT2D eigenvalue weighted by molar-refractivity contribution is 7.89. The van der Waals surface area contributed by atoms with Gasteiger partial charge in [-0.25, -0.2) is 23.1 Å². The average molecular weight is 462 g/mol. The summed E-state index contributed by atoms with van der Waals surface area (Å²) in [7, 11) is 0.357. The fraction of sp³-hybridized carbons (Fsp3) is 0.565. The zero-order chi connectivity index (χ0) is 23.1. The minimum absolute atomic E-state index is 0.0667. The summed E-state index contributed by atoms with van der Waals surface area (Å²) < 4.78 is 34.1. The maximum absolute atomic E-state index is 12.8. The minimum atomic E-state index is -3.55. The monoisotopic (exact) mass is 461 g/mol. The van der Waals surface area contributed by atoms with Crippen LogP contribution in [0.25, 0.3) is 0 Å². The van der Waals surface area contributed by atoms with E-state index in [1.807, 2.05) is 32.0 Å². The first-order valence-electron chi connectivity index (χ1n) is 11.3. The van der Waals surface area contributed by atoms with Crippen LogP contribution in [0.2, 0.25) is 0 Å². The van der Waals surface area contributed by atoms with E-state index in [-0.39, 0.29) is 17.0 Å². The molecule has 0 spiro atoms. The van der Waals surface area contributed by atoms with Gasteiger partial charge < -0.3 is 15.0 Å². The lowest BCUT2D eigenvalue weighted by molar-refractivity contribution is 0.309. The number of hydrogen-bond donors (Lipinski definition) is 2. The quantitative estimate of drug-likeness (QED) is 0.520. The second-order valence-corrected chi connectivity index (χ2v) is 10.3. The van der Waals surface area contributed by atoms with Gasteiger partial charge in [0.05, 0.1) is 11.5 Å². The second kappa shape index (κ2) is 11.0. The van der Waals surface area contributed by atoms with Crippen LogP contribution < -0.4 is 19.7 Å². The van der Waals surface area contributed by atoms with Crippen LogP contribution in [0.5, 0.6) is 5.75 Å². The fourth-order valence-electron chi connectivity index (χ4n) is 3.76. The molecule has 2 aromatic rings. The van der Waals surface area contributed by atoms with Crippen molar-refractivity contribution in [2.24, 2.45) is 0 Å². The van der Waals surface area contributed by atoms with Crippen LogP contribution in [-0.4, -0.2) is 51.2 Å². The molecule has 1 fully saturated rings. The summed E-state index contributed by atoms with van der Waals surface area (Å²) in [5, 5.41) is 3.49. The van der Waals surface area contributed by atoms with E-state index in [9.17, 15) is 8.42 Å². The summed E-state index contributed by atoms with van der Waals surface area (Å²) in [6, 6.07) is 8.79. The molecule has 1 aromatic carbocycles. The van der Waals surface area contributed by atoms with Gasteiger partial charge in [-0.05, 0) is 63.3 Å². The van der Waals surface area contributed by atoms with Crippen molar-refractivity contribution in [3.8, 4) is 5.75 Å². The highest BCUT2D eigenvalue weighted by Crippen LogP contribution is 2.25. The van der Waals surface area contributed by atoms with Crippen LogP contribution in [-0.2, 0) is 10.0 Å². The van der Waals surface area contributed by atoms with E-state index in [1.165, 1.54) is 0 Å². The molecule has 8 nitrogen and oxygen atoms in total. The van der Waals surface area contributed by atoms with Crippen LogP contribution in [0, 0.1) is 6.92 Å². The smallest absolute Gasteiger partial charge is 0.240 e. The molecule has 3 rings (SSSR count). The van der Waals surface area contributed by atoms with Gasteiger partial charge >= 0.3 is 0 Å². The molecule has 0 unspecified atom stereocenters. The van der Waals surface area contributed by atoms with E-state index in [1.54, 1.807) is 24.3 Å². The summed E-state index contributed by atoms with van der Waals surface area (Å²) >= 11 is 0. The summed E-state index contributed by atoms with van der Waals surface area (Å²) in [4.78, 5) is 11.1. The fourth-order valence-corrected chi connectivity index (χ4v) is 5.06. The molecule has 32 heavy (non-hydrogen) atoms. The number of anilines is 2. The predicted molar refractivity (Wildman–Crippen MR) is 128 cm³/mol. The number of aromatic nitrogens is 2. The number of rotatable bonds is 10. The van der Waals surface area contributed by atoms with Crippen LogP contribution in [0.1, 0.15) is 51.3 Å². The molecule has 0 radical (unpaired) electrons. The Hall–Kier alpha value is -2.39. The molecular formula is C23H35N5O3S. The minimum Gasteiger partial charge on any atom is -0.494 e. The molecule has 1 saturated carbocycles. The number of ether oxygens (including phenoxy) is 1. The standard InChI is InChI=1S/C23H35N5O3S/c1-5-6-15-31-20-11-13-21(14-12-20)32(29,30)27-19-9-7-18(8-10-19)26-22-16-23(28(3)4)25-17(2)24-22/h11-14,16,18-19,27H,5-10,15H2,1-4H3,(H,24,25,26). The zero-order valence-corrected chi connectivity index (χ0v) is 20.3. The van der Waals surface area contributed by atoms with Crippen LogP contribution in [0.4, 0.5) is 11.6 Å². The van der Waals surface area contributed by atoms with Crippen LogP contribution >= 0.6 is 0 Å². The Morgan fingerprint density at radius 1 is 1.06 bits per heavy atom. The molecule has 1 aromatic heterocycles. The second-order valence-electron chi connectivity index (χ2n) is 8.54. The average Bonchev–Trinajstić information content (AvgIpc) is 2.75. The SMILES string of the molecule is CCCCOc1ccc(S(=O)(=O)NC2CCC(Nc3cc(N(C)C)nc(C)n3)CC2)cc1. The van der Waals surface area contributed by atoms with Gasteiger partial charge in [0.25, 0.3) is 0 Å². The Balaban J connectivity index is 1.52. The van der Waals surface area contributed by atoms with Gasteiger partial charge in [-0.1, -0.05) is 13.3 Å². The van der Waals surface area contributed by atoms with Gasteiger partial charge in [0.15, 0.2) is 0 Å². The summed E-state index contributed by atoms with van der Waals surface area (Å²) in [5.41, 5.74) is 0. The molecule has 0 atom stereocenters. The first kappa shape index (κ1) is 24.3. The summed E-state index contributed by atoms with van der Waals surface area (Å²) in [5.74, 6) is 3.10. The Labute approximate surface area is 191 Å². The molecule has 9 heteroatoms. The lowest BCUT2D eigenvalue weighted by atomic mass is 9.92. The van der Waals surface area contributed by atoms with Crippen LogP contribution in [0.15, 0.2) is 35.2 Å². The molecule has 176 valence electrons.